The number of sulfonamides is 1. The number of amides is 2. The van der Waals surface area contributed by atoms with E-state index in [0.717, 1.165) is 76.0 Å². The number of hydrogen-bond acceptors (Lipinski definition) is 5. The normalized spacial score (nSPS) is 22.3. The highest BCUT2D eigenvalue weighted by Crippen LogP contribution is 2.30. The van der Waals surface area contributed by atoms with E-state index in [9.17, 15) is 18.0 Å². The summed E-state index contributed by atoms with van der Waals surface area (Å²) in [6, 6.07) is 1.54. The maximum atomic E-state index is 13.1. The van der Waals surface area contributed by atoms with E-state index in [1.54, 1.807) is 5.38 Å². The van der Waals surface area contributed by atoms with Crippen LogP contribution in [0.2, 0.25) is 0 Å². The molecule has 3 aliphatic heterocycles. The van der Waals surface area contributed by atoms with Crippen LogP contribution >= 0.6 is 11.3 Å². The predicted octanol–water partition coefficient (Wildman–Crippen LogP) is 3.18. The summed E-state index contributed by atoms with van der Waals surface area (Å²) in [4.78, 5) is 29.4. The zero-order valence-electron chi connectivity index (χ0n) is 18.1. The summed E-state index contributed by atoms with van der Waals surface area (Å²) in [6.45, 7) is 3.88. The topological polar surface area (TPSA) is 78.0 Å². The molecule has 0 aromatic carbocycles. The Hall–Kier alpha value is -1.45. The van der Waals surface area contributed by atoms with Gasteiger partial charge in [0.2, 0.25) is 5.91 Å². The monoisotopic (exact) mass is 467 g/mol. The van der Waals surface area contributed by atoms with Crippen LogP contribution in [0, 0.1) is 5.92 Å². The summed E-state index contributed by atoms with van der Waals surface area (Å²) in [5.74, 6) is 0.0525. The molecule has 0 saturated carbocycles. The molecule has 3 saturated heterocycles. The van der Waals surface area contributed by atoms with Crippen LogP contribution in [0.25, 0.3) is 0 Å². The van der Waals surface area contributed by atoms with E-state index in [1.165, 1.54) is 16.8 Å². The molecule has 1 aromatic heterocycles. The first-order chi connectivity index (χ1) is 15.0. The molecule has 3 aliphatic rings. The molecule has 0 N–H and O–H groups in total. The lowest BCUT2D eigenvalue weighted by molar-refractivity contribution is -0.137. The van der Waals surface area contributed by atoms with Crippen molar-refractivity contribution in [1.82, 2.24) is 14.1 Å². The van der Waals surface area contributed by atoms with Gasteiger partial charge in [0, 0.05) is 50.6 Å². The van der Waals surface area contributed by atoms with Crippen LogP contribution in [0.1, 0.15) is 68.1 Å². The minimum atomic E-state index is -3.63. The average molecular weight is 468 g/mol. The second kappa shape index (κ2) is 10.0. The summed E-state index contributed by atoms with van der Waals surface area (Å²) in [5.41, 5.74) is 0.473. The first kappa shape index (κ1) is 22.7. The maximum absolute atomic E-state index is 13.1. The van der Waals surface area contributed by atoms with Crippen molar-refractivity contribution in [1.29, 1.82) is 0 Å². The second-order valence-electron chi connectivity index (χ2n) is 8.93. The highest BCUT2D eigenvalue weighted by Gasteiger charge is 2.35. The van der Waals surface area contributed by atoms with Gasteiger partial charge in [0.1, 0.15) is 4.21 Å². The summed E-state index contributed by atoms with van der Waals surface area (Å²) in [7, 11) is -3.63. The van der Waals surface area contributed by atoms with E-state index in [-0.39, 0.29) is 21.9 Å². The number of carbonyl (C=O) groups is 2. The van der Waals surface area contributed by atoms with Gasteiger partial charge in [-0.25, -0.2) is 8.42 Å². The lowest BCUT2D eigenvalue weighted by Crippen LogP contribution is -2.45. The first-order valence-electron chi connectivity index (χ1n) is 11.6. The van der Waals surface area contributed by atoms with Crippen LogP contribution in [0.3, 0.4) is 0 Å². The predicted molar refractivity (Wildman–Crippen MR) is 121 cm³/mol. The minimum absolute atomic E-state index is 0.0644. The van der Waals surface area contributed by atoms with Gasteiger partial charge in [0.15, 0.2) is 0 Å². The van der Waals surface area contributed by atoms with Crippen molar-refractivity contribution in [2.75, 3.05) is 39.3 Å². The Morgan fingerprint density at radius 1 is 0.806 bits per heavy atom. The highest BCUT2D eigenvalue weighted by molar-refractivity contribution is 7.91. The number of carbonyl (C=O) groups excluding carboxylic acids is 2. The van der Waals surface area contributed by atoms with E-state index in [1.807, 2.05) is 9.80 Å². The number of hydrogen-bond donors (Lipinski definition) is 0. The Balaban J connectivity index is 1.37. The summed E-state index contributed by atoms with van der Waals surface area (Å²) in [5, 5.41) is 1.67. The van der Waals surface area contributed by atoms with Crippen molar-refractivity contribution in [3.8, 4) is 0 Å². The lowest BCUT2D eigenvalue weighted by Gasteiger charge is -2.34. The maximum Gasteiger partial charge on any atom is 0.254 e. The second-order valence-corrected chi connectivity index (χ2v) is 12.0. The molecule has 1 aromatic rings. The molecule has 9 heteroatoms. The molecule has 172 valence electrons. The molecule has 0 bridgehead atoms. The van der Waals surface area contributed by atoms with Gasteiger partial charge in [-0.1, -0.05) is 12.8 Å². The number of rotatable bonds is 4. The van der Waals surface area contributed by atoms with Crippen LogP contribution in [0.5, 0.6) is 0 Å². The molecule has 0 spiro atoms. The SMILES string of the molecule is O=C(c1csc(S(=O)(=O)N2CCC(C(=O)N3CCCCC3)CC2)c1)N1CCCCCC1. The molecule has 2 amide bonds. The van der Waals surface area contributed by atoms with E-state index in [0.29, 0.717) is 31.5 Å². The summed E-state index contributed by atoms with van der Waals surface area (Å²) in [6.07, 6.45) is 8.75. The Bertz CT molecular complexity index is 876. The number of piperidine rings is 2. The molecule has 4 heterocycles. The molecule has 31 heavy (non-hydrogen) atoms. The number of likely N-dealkylation sites (tertiary alicyclic amines) is 2. The summed E-state index contributed by atoms with van der Waals surface area (Å²) < 4.78 is 28.0. The minimum Gasteiger partial charge on any atom is -0.342 e. The van der Waals surface area contributed by atoms with Gasteiger partial charge in [-0.3, -0.25) is 9.59 Å². The van der Waals surface area contributed by atoms with E-state index >= 15 is 0 Å². The first-order valence-corrected chi connectivity index (χ1v) is 14.0. The summed E-state index contributed by atoms with van der Waals surface area (Å²) >= 11 is 1.13. The number of thiophene rings is 1. The fraction of sp³-hybridized carbons (Fsp3) is 0.727. The third-order valence-corrected chi connectivity index (χ3v) is 10.1. The third kappa shape index (κ3) is 5.14. The molecule has 4 rings (SSSR count). The number of nitrogens with zero attached hydrogens (tertiary/aromatic N) is 3. The standard InChI is InChI=1S/C22H33N3O4S2/c26-21(23-12-6-3-7-13-23)18-8-14-25(15-9-18)31(28,29)20-16-19(17-30-20)22(27)24-10-4-1-2-5-11-24/h16-18H,1-15H2. The van der Waals surface area contributed by atoms with Crippen molar-refractivity contribution in [3.05, 3.63) is 17.0 Å². The van der Waals surface area contributed by atoms with Crippen molar-refractivity contribution >= 4 is 33.2 Å². The lowest BCUT2D eigenvalue weighted by atomic mass is 9.95. The van der Waals surface area contributed by atoms with Crippen LogP contribution < -0.4 is 0 Å². The van der Waals surface area contributed by atoms with Crippen molar-refractivity contribution in [2.45, 2.75) is 62.0 Å². The largest absolute Gasteiger partial charge is 0.342 e. The van der Waals surface area contributed by atoms with Gasteiger partial charge >= 0.3 is 0 Å². The zero-order chi connectivity index (χ0) is 21.8. The van der Waals surface area contributed by atoms with E-state index in [2.05, 4.69) is 0 Å². The molecular weight excluding hydrogens is 434 g/mol. The van der Waals surface area contributed by atoms with Crippen molar-refractivity contribution in [3.63, 3.8) is 0 Å². The van der Waals surface area contributed by atoms with E-state index < -0.39 is 10.0 Å². The van der Waals surface area contributed by atoms with Gasteiger partial charge in [0.05, 0.1) is 5.56 Å². The Labute approximate surface area is 189 Å². The molecular formula is C22H33N3O4S2. The Morgan fingerprint density at radius 3 is 1.97 bits per heavy atom. The van der Waals surface area contributed by atoms with Crippen LogP contribution in [-0.4, -0.2) is 73.6 Å². The van der Waals surface area contributed by atoms with Gasteiger partial charge in [-0.05, 0) is 51.0 Å². The highest BCUT2D eigenvalue weighted by atomic mass is 32.2. The fourth-order valence-corrected chi connectivity index (χ4v) is 7.64. The fourth-order valence-electron chi connectivity index (χ4n) is 4.86. The smallest absolute Gasteiger partial charge is 0.254 e. The van der Waals surface area contributed by atoms with Crippen molar-refractivity contribution < 1.29 is 18.0 Å². The van der Waals surface area contributed by atoms with Crippen molar-refractivity contribution in [2.24, 2.45) is 5.92 Å². The molecule has 3 fully saturated rings. The molecule has 7 nitrogen and oxygen atoms in total. The van der Waals surface area contributed by atoms with E-state index in [4.69, 9.17) is 0 Å². The average Bonchev–Trinajstić information content (AvgIpc) is 3.16. The third-order valence-electron chi connectivity index (χ3n) is 6.78. The Kier molecular flexibility index (Phi) is 7.33. The molecule has 0 atom stereocenters. The molecule has 0 unspecified atom stereocenters. The van der Waals surface area contributed by atoms with Crippen LogP contribution in [0.15, 0.2) is 15.7 Å². The quantitative estimate of drug-likeness (QED) is 0.681. The zero-order valence-corrected chi connectivity index (χ0v) is 19.8. The van der Waals surface area contributed by atoms with Gasteiger partial charge in [-0.2, -0.15) is 4.31 Å². The molecule has 0 aliphatic carbocycles. The Morgan fingerprint density at radius 2 is 1.35 bits per heavy atom. The molecule has 0 radical (unpaired) electrons. The van der Waals surface area contributed by atoms with Crippen LogP contribution in [0.4, 0.5) is 0 Å². The van der Waals surface area contributed by atoms with Gasteiger partial charge in [-0.15, -0.1) is 11.3 Å². The van der Waals surface area contributed by atoms with Crippen LogP contribution in [-0.2, 0) is 14.8 Å². The van der Waals surface area contributed by atoms with Gasteiger partial charge < -0.3 is 9.80 Å². The van der Waals surface area contributed by atoms with Gasteiger partial charge in [0.25, 0.3) is 15.9 Å².